The molecule has 6 nitrogen and oxygen atoms in total. The molecule has 1 aliphatic heterocycles. The van der Waals surface area contributed by atoms with Crippen molar-refractivity contribution in [3.8, 4) is 23.0 Å². The Balaban J connectivity index is 1.80. The zero-order valence-electron chi connectivity index (χ0n) is 17.8. The number of rotatable bonds is 7. The number of Topliss-reactive ketones (excluding diaryl/α,β-unsaturated/α-hetero) is 1. The van der Waals surface area contributed by atoms with E-state index in [1.807, 2.05) is 13.0 Å². The highest BCUT2D eigenvalue weighted by atomic mass is 16.5. The highest BCUT2D eigenvalue weighted by Crippen LogP contribution is 2.44. The van der Waals surface area contributed by atoms with Crippen LogP contribution in [0, 0.1) is 0 Å². The van der Waals surface area contributed by atoms with E-state index in [0.717, 1.165) is 11.1 Å². The van der Waals surface area contributed by atoms with E-state index in [1.165, 1.54) is 18.2 Å². The summed E-state index contributed by atoms with van der Waals surface area (Å²) in [6.45, 7) is 7.42. The summed E-state index contributed by atoms with van der Waals surface area (Å²) in [6, 6.07) is 7.74. The number of ether oxygens (including phenoxy) is 1. The number of hydrogen-bond donors (Lipinski definition) is 4. The maximum Gasteiger partial charge on any atom is 0.174 e. The van der Waals surface area contributed by atoms with Gasteiger partial charge in [-0.2, -0.15) is 0 Å². The van der Waals surface area contributed by atoms with Gasteiger partial charge in [-0.05, 0) is 50.8 Å². The summed E-state index contributed by atoms with van der Waals surface area (Å²) in [5.74, 6) is -0.443. The molecule has 0 saturated carbocycles. The van der Waals surface area contributed by atoms with E-state index in [1.54, 1.807) is 19.1 Å². The minimum absolute atomic E-state index is 0.0449. The summed E-state index contributed by atoms with van der Waals surface area (Å²) in [4.78, 5) is 12.8. The van der Waals surface area contributed by atoms with Crippen LogP contribution in [0.3, 0.4) is 0 Å². The molecule has 2 aromatic carbocycles. The van der Waals surface area contributed by atoms with Gasteiger partial charge in [0, 0.05) is 11.6 Å². The Morgan fingerprint density at radius 1 is 1.23 bits per heavy atom. The molecule has 0 saturated heterocycles. The smallest absolute Gasteiger partial charge is 0.174 e. The van der Waals surface area contributed by atoms with Crippen molar-refractivity contribution in [2.24, 2.45) is 0 Å². The number of allylic oxidation sites excluding steroid dienone is 2. The second-order valence-corrected chi connectivity index (χ2v) is 8.08. The quantitative estimate of drug-likeness (QED) is 0.479. The summed E-state index contributed by atoms with van der Waals surface area (Å²) in [5, 5.41) is 40.5. The van der Waals surface area contributed by atoms with Crippen molar-refractivity contribution < 1.29 is 30.0 Å². The first-order chi connectivity index (χ1) is 14.7. The number of carbonyl (C=O) groups excluding carboxylic acids is 1. The van der Waals surface area contributed by atoms with Crippen molar-refractivity contribution >= 4 is 5.78 Å². The van der Waals surface area contributed by atoms with Gasteiger partial charge in [0.2, 0.25) is 0 Å². The molecule has 0 aliphatic carbocycles. The molecule has 3 rings (SSSR count). The van der Waals surface area contributed by atoms with Crippen molar-refractivity contribution in [3.05, 3.63) is 70.8 Å². The number of phenolic OH excluding ortho intramolecular Hbond substituents is 3. The maximum atomic E-state index is 12.8. The van der Waals surface area contributed by atoms with Crippen molar-refractivity contribution in [3.63, 3.8) is 0 Å². The Hall–Kier alpha value is -3.25. The lowest BCUT2D eigenvalue weighted by atomic mass is 9.92. The molecule has 2 atom stereocenters. The van der Waals surface area contributed by atoms with Crippen LogP contribution in [0.5, 0.6) is 23.0 Å². The van der Waals surface area contributed by atoms with Crippen LogP contribution in [0.25, 0.3) is 0 Å². The third-order valence-corrected chi connectivity index (χ3v) is 5.57. The molecule has 1 aliphatic rings. The number of aromatic hydroxyl groups is 3. The molecule has 0 amide bonds. The number of benzene rings is 2. The summed E-state index contributed by atoms with van der Waals surface area (Å²) in [6.07, 6.45) is 2.22. The fourth-order valence-electron chi connectivity index (χ4n) is 3.57. The van der Waals surface area contributed by atoms with E-state index in [9.17, 15) is 25.2 Å². The monoisotopic (exact) mass is 424 g/mol. The van der Waals surface area contributed by atoms with Gasteiger partial charge >= 0.3 is 0 Å². The Morgan fingerprint density at radius 2 is 1.90 bits per heavy atom. The second-order valence-electron chi connectivity index (χ2n) is 8.08. The summed E-state index contributed by atoms with van der Waals surface area (Å²) < 4.78 is 5.88. The summed E-state index contributed by atoms with van der Waals surface area (Å²) in [5.41, 5.74) is 2.76. The molecule has 1 heterocycles. The second kappa shape index (κ2) is 9.27. The fraction of sp³-hybridized carbons (Fsp3) is 0.320. The van der Waals surface area contributed by atoms with Crippen molar-refractivity contribution in [1.29, 1.82) is 0 Å². The molecule has 1 unspecified atom stereocenters. The van der Waals surface area contributed by atoms with Crippen LogP contribution in [0.2, 0.25) is 0 Å². The van der Waals surface area contributed by atoms with Crippen LogP contribution in [0.4, 0.5) is 0 Å². The van der Waals surface area contributed by atoms with Crippen LogP contribution < -0.4 is 4.74 Å². The number of ketones is 1. The fourth-order valence-corrected chi connectivity index (χ4v) is 3.57. The molecule has 0 radical (unpaired) electrons. The van der Waals surface area contributed by atoms with Gasteiger partial charge in [-0.25, -0.2) is 0 Å². The number of fused-ring (bicyclic) bond motifs is 1. The van der Waals surface area contributed by atoms with E-state index >= 15 is 0 Å². The number of phenols is 3. The predicted octanol–water partition coefficient (Wildman–Crippen LogP) is 4.72. The number of aliphatic hydroxyl groups excluding tert-OH is 1. The van der Waals surface area contributed by atoms with Gasteiger partial charge in [-0.1, -0.05) is 35.9 Å². The maximum absolute atomic E-state index is 12.8. The molecule has 31 heavy (non-hydrogen) atoms. The van der Waals surface area contributed by atoms with Gasteiger partial charge in [0.15, 0.2) is 5.78 Å². The molecule has 6 heteroatoms. The molecule has 2 aromatic rings. The Kier molecular flexibility index (Phi) is 6.71. The first-order valence-corrected chi connectivity index (χ1v) is 10.2. The van der Waals surface area contributed by atoms with Gasteiger partial charge in [-0.15, -0.1) is 0 Å². The molecule has 0 fully saturated rings. The summed E-state index contributed by atoms with van der Waals surface area (Å²) in [7, 11) is 0. The Morgan fingerprint density at radius 3 is 2.55 bits per heavy atom. The van der Waals surface area contributed by atoms with Gasteiger partial charge in [0.1, 0.15) is 34.7 Å². The third-order valence-electron chi connectivity index (χ3n) is 5.57. The lowest BCUT2D eigenvalue weighted by molar-refractivity contribution is 0.0844. The van der Waals surface area contributed by atoms with E-state index in [0.29, 0.717) is 18.4 Å². The summed E-state index contributed by atoms with van der Waals surface area (Å²) >= 11 is 0. The van der Waals surface area contributed by atoms with Gasteiger partial charge < -0.3 is 25.2 Å². The van der Waals surface area contributed by atoms with Crippen LogP contribution in [-0.4, -0.2) is 32.3 Å². The Bertz CT molecular complexity index is 1020. The lowest BCUT2D eigenvalue weighted by Crippen LogP contribution is -2.20. The zero-order chi connectivity index (χ0) is 22.7. The van der Waals surface area contributed by atoms with Crippen molar-refractivity contribution in [2.75, 3.05) is 0 Å². The highest BCUT2D eigenvalue weighted by Gasteiger charge is 2.32. The van der Waals surface area contributed by atoms with Crippen molar-refractivity contribution in [2.45, 2.75) is 51.7 Å². The van der Waals surface area contributed by atoms with Crippen LogP contribution in [0.1, 0.15) is 60.7 Å². The third kappa shape index (κ3) is 5.09. The first kappa shape index (κ1) is 22.4. The average Bonchev–Trinajstić information content (AvgIpc) is 2.71. The minimum Gasteiger partial charge on any atom is -0.508 e. The number of carbonyl (C=O) groups is 1. The largest absolute Gasteiger partial charge is 0.508 e. The SMILES string of the molecule is C=C(C)C(O)CC/C(C)=C/Cc1c(O)cc2c(c1O)C(=O)C[C@@H](c1ccc(O)cc1)O2. The van der Waals surface area contributed by atoms with Crippen LogP contribution in [-0.2, 0) is 6.42 Å². The lowest BCUT2D eigenvalue weighted by Gasteiger charge is -2.27. The number of aliphatic hydroxyl groups is 1. The molecule has 164 valence electrons. The normalized spacial score (nSPS) is 17.1. The van der Waals surface area contributed by atoms with Crippen molar-refractivity contribution in [1.82, 2.24) is 0 Å². The van der Waals surface area contributed by atoms with Gasteiger partial charge in [0.05, 0.1) is 12.5 Å². The van der Waals surface area contributed by atoms with Crippen LogP contribution >= 0.6 is 0 Å². The Labute approximate surface area is 181 Å². The van der Waals surface area contributed by atoms with E-state index in [2.05, 4.69) is 6.58 Å². The van der Waals surface area contributed by atoms with E-state index < -0.39 is 12.2 Å². The average molecular weight is 424 g/mol. The molecular formula is C25H28O6. The topological polar surface area (TPSA) is 107 Å². The molecule has 0 aromatic heterocycles. The van der Waals surface area contributed by atoms with E-state index in [-0.39, 0.29) is 52.7 Å². The minimum atomic E-state index is -0.565. The van der Waals surface area contributed by atoms with Gasteiger partial charge in [0.25, 0.3) is 0 Å². The molecule has 4 N–H and O–H groups in total. The first-order valence-electron chi connectivity index (χ1n) is 10.2. The zero-order valence-corrected chi connectivity index (χ0v) is 17.8. The van der Waals surface area contributed by atoms with Gasteiger partial charge in [-0.3, -0.25) is 4.79 Å². The molecular weight excluding hydrogens is 396 g/mol. The van der Waals surface area contributed by atoms with E-state index in [4.69, 9.17) is 4.74 Å². The molecule has 0 spiro atoms. The van der Waals surface area contributed by atoms with Crippen LogP contribution in [0.15, 0.2) is 54.1 Å². The molecule has 0 bridgehead atoms. The standard InChI is InChI=1S/C25H28O6/c1-14(2)19(27)11-5-15(3)4-10-18-20(28)12-23-24(25(18)30)21(29)13-22(31-23)16-6-8-17(26)9-7-16/h4,6-9,12,19,22,26-28,30H,1,5,10-11,13H2,2-3H3/b15-4+/t19?,22-/m0/s1. The highest BCUT2D eigenvalue weighted by molar-refractivity contribution is 6.03. The predicted molar refractivity (Wildman–Crippen MR) is 118 cm³/mol. The number of hydrogen-bond acceptors (Lipinski definition) is 6.